The highest BCUT2D eigenvalue weighted by atomic mass is 16.4. The van der Waals surface area contributed by atoms with Crippen molar-refractivity contribution in [1.29, 1.82) is 0 Å². The molecule has 0 bridgehead atoms. The van der Waals surface area contributed by atoms with Crippen LogP contribution in [-0.4, -0.2) is 33.8 Å². The molecule has 1 N–H and O–H groups in total. The maximum atomic E-state index is 12.5. The van der Waals surface area contributed by atoms with E-state index in [2.05, 4.69) is 6.92 Å². The Balaban J connectivity index is 2.92. The van der Waals surface area contributed by atoms with E-state index in [1.165, 1.54) is 0 Å². The number of unbranched alkanes of at least 4 members (excludes halogenated alkanes) is 3. The van der Waals surface area contributed by atoms with Crippen LogP contribution in [0.4, 0.5) is 0 Å². The van der Waals surface area contributed by atoms with Gasteiger partial charge in [0.05, 0.1) is 0 Å². The van der Waals surface area contributed by atoms with Crippen molar-refractivity contribution in [2.75, 3.05) is 0 Å². The number of imide groups is 1. The van der Waals surface area contributed by atoms with Gasteiger partial charge in [0.2, 0.25) is 0 Å². The third-order valence-corrected chi connectivity index (χ3v) is 4.46. The lowest BCUT2D eigenvalue weighted by Gasteiger charge is -2.27. The van der Waals surface area contributed by atoms with E-state index in [0.717, 1.165) is 30.6 Å². The van der Waals surface area contributed by atoms with Gasteiger partial charge in [-0.2, -0.15) is 0 Å². The van der Waals surface area contributed by atoms with Crippen LogP contribution in [0.3, 0.4) is 0 Å². The number of hydrogen-bond acceptors (Lipinski definition) is 3. The molecule has 0 fully saturated rings. The second kappa shape index (κ2) is 8.11. The number of amides is 2. The summed E-state index contributed by atoms with van der Waals surface area (Å²) >= 11 is 0. The molecule has 0 aromatic heterocycles. The molecule has 2 unspecified atom stereocenters. The number of carboxylic acid groups (broad SMARTS) is 1. The molecule has 124 valence electrons. The summed E-state index contributed by atoms with van der Waals surface area (Å²) in [5.74, 6) is -2.23. The zero-order chi connectivity index (χ0) is 16.9. The molecular weight excluding hydrogens is 282 g/mol. The minimum absolute atomic E-state index is 0.266. The van der Waals surface area contributed by atoms with Crippen molar-refractivity contribution in [2.24, 2.45) is 5.92 Å². The second-order valence-corrected chi connectivity index (χ2v) is 6.06. The largest absolute Gasteiger partial charge is 0.480 e. The molecular formula is C17H27NO4. The van der Waals surface area contributed by atoms with Crippen LogP contribution in [0.2, 0.25) is 0 Å². The highest BCUT2D eigenvalue weighted by molar-refractivity contribution is 6.20. The van der Waals surface area contributed by atoms with Gasteiger partial charge in [0.25, 0.3) is 11.8 Å². The predicted octanol–water partition coefficient (Wildman–Crippen LogP) is 3.14. The van der Waals surface area contributed by atoms with Crippen molar-refractivity contribution in [3.8, 4) is 0 Å². The Morgan fingerprint density at radius 3 is 2.27 bits per heavy atom. The molecule has 0 spiro atoms. The lowest BCUT2D eigenvalue weighted by atomic mass is 9.97. The smallest absolute Gasteiger partial charge is 0.327 e. The van der Waals surface area contributed by atoms with Crippen LogP contribution in [-0.2, 0) is 14.4 Å². The molecule has 0 aromatic carbocycles. The lowest BCUT2D eigenvalue weighted by molar-refractivity contribution is -0.156. The number of nitrogens with zero attached hydrogens (tertiary/aromatic N) is 1. The Bertz CT molecular complexity index is 481. The monoisotopic (exact) mass is 309 g/mol. The minimum atomic E-state index is -1.11. The van der Waals surface area contributed by atoms with Gasteiger partial charge in [-0.3, -0.25) is 14.5 Å². The first-order chi connectivity index (χ1) is 10.4. The van der Waals surface area contributed by atoms with Crippen molar-refractivity contribution in [2.45, 2.75) is 72.3 Å². The molecule has 5 heteroatoms. The fourth-order valence-corrected chi connectivity index (χ4v) is 2.81. The summed E-state index contributed by atoms with van der Waals surface area (Å²) in [6.07, 6.45) is 5.23. The van der Waals surface area contributed by atoms with Gasteiger partial charge in [0.1, 0.15) is 6.04 Å². The summed E-state index contributed by atoms with van der Waals surface area (Å²) in [7, 11) is 0. The van der Waals surface area contributed by atoms with Crippen molar-refractivity contribution in [1.82, 2.24) is 4.90 Å². The predicted molar refractivity (Wildman–Crippen MR) is 84.2 cm³/mol. The average molecular weight is 309 g/mol. The normalized spacial score (nSPS) is 18.1. The zero-order valence-electron chi connectivity index (χ0n) is 14.0. The van der Waals surface area contributed by atoms with E-state index in [1.54, 1.807) is 13.8 Å². The van der Waals surface area contributed by atoms with Crippen LogP contribution in [0.1, 0.15) is 66.2 Å². The van der Waals surface area contributed by atoms with Crippen molar-refractivity contribution >= 4 is 17.8 Å². The van der Waals surface area contributed by atoms with Crippen molar-refractivity contribution in [3.05, 3.63) is 11.1 Å². The molecule has 0 aromatic rings. The van der Waals surface area contributed by atoms with E-state index in [0.29, 0.717) is 24.0 Å². The number of carbonyl (C=O) groups excluding carboxylic acids is 2. The minimum Gasteiger partial charge on any atom is -0.480 e. The molecule has 1 heterocycles. The number of rotatable bonds is 9. The average Bonchev–Trinajstić information content (AvgIpc) is 2.68. The topological polar surface area (TPSA) is 74.7 Å². The van der Waals surface area contributed by atoms with Gasteiger partial charge in [0.15, 0.2) is 0 Å². The Morgan fingerprint density at radius 1 is 1.14 bits per heavy atom. The molecule has 0 aliphatic carbocycles. The van der Waals surface area contributed by atoms with Gasteiger partial charge >= 0.3 is 5.97 Å². The zero-order valence-corrected chi connectivity index (χ0v) is 14.0. The first-order valence-electron chi connectivity index (χ1n) is 8.17. The molecule has 2 amide bonds. The van der Waals surface area contributed by atoms with E-state index in [9.17, 15) is 19.5 Å². The van der Waals surface area contributed by atoms with E-state index < -0.39 is 23.8 Å². The second-order valence-electron chi connectivity index (χ2n) is 6.06. The highest BCUT2D eigenvalue weighted by Crippen LogP contribution is 2.29. The molecule has 5 nitrogen and oxygen atoms in total. The third-order valence-electron chi connectivity index (χ3n) is 4.46. The fourth-order valence-electron chi connectivity index (χ4n) is 2.81. The summed E-state index contributed by atoms with van der Waals surface area (Å²) in [5.41, 5.74) is 0.909. The van der Waals surface area contributed by atoms with Crippen LogP contribution in [0.5, 0.6) is 0 Å². The summed E-state index contributed by atoms with van der Waals surface area (Å²) in [4.78, 5) is 37.4. The van der Waals surface area contributed by atoms with Crippen LogP contribution >= 0.6 is 0 Å². The SMILES string of the molecule is CCCCCCC1=C(C)C(=O)N(C(C(=O)O)C(C)CC)C1=O. The molecule has 1 aliphatic heterocycles. The standard InChI is InChI=1S/C17H27NO4/c1-5-7-8-9-10-13-12(4)15(19)18(16(13)20)14(17(21)22)11(3)6-2/h11,14H,5-10H2,1-4H3,(H,21,22). The summed E-state index contributed by atoms with van der Waals surface area (Å²) in [6.45, 7) is 7.36. The first kappa shape index (κ1) is 18.4. The van der Waals surface area contributed by atoms with E-state index >= 15 is 0 Å². The quantitative estimate of drug-likeness (QED) is 0.524. The molecule has 22 heavy (non-hydrogen) atoms. The highest BCUT2D eigenvalue weighted by Gasteiger charge is 2.44. The number of carboxylic acids is 1. The Kier molecular flexibility index (Phi) is 6.78. The Labute approximate surface area is 132 Å². The first-order valence-corrected chi connectivity index (χ1v) is 8.17. The molecule has 2 atom stereocenters. The number of carbonyl (C=O) groups is 3. The van der Waals surface area contributed by atoms with Gasteiger partial charge in [-0.15, -0.1) is 0 Å². The molecule has 0 saturated carbocycles. The number of aliphatic carboxylic acids is 1. The van der Waals surface area contributed by atoms with Gasteiger partial charge in [0, 0.05) is 11.1 Å². The molecule has 0 saturated heterocycles. The maximum Gasteiger partial charge on any atom is 0.327 e. The van der Waals surface area contributed by atoms with Gasteiger partial charge in [-0.05, 0) is 25.7 Å². The third kappa shape index (κ3) is 3.76. The van der Waals surface area contributed by atoms with Crippen LogP contribution < -0.4 is 0 Å². The molecule has 1 aliphatic rings. The van der Waals surface area contributed by atoms with Crippen molar-refractivity contribution < 1.29 is 19.5 Å². The summed E-state index contributed by atoms with van der Waals surface area (Å²) in [5, 5.41) is 9.42. The van der Waals surface area contributed by atoms with E-state index in [4.69, 9.17) is 0 Å². The van der Waals surface area contributed by atoms with E-state index in [1.807, 2.05) is 6.92 Å². The van der Waals surface area contributed by atoms with Crippen molar-refractivity contribution in [3.63, 3.8) is 0 Å². The Morgan fingerprint density at radius 2 is 1.77 bits per heavy atom. The van der Waals surface area contributed by atoms with Crippen LogP contribution in [0.15, 0.2) is 11.1 Å². The summed E-state index contributed by atoms with van der Waals surface area (Å²) in [6, 6.07) is -1.08. The maximum absolute atomic E-state index is 12.5. The summed E-state index contributed by atoms with van der Waals surface area (Å²) < 4.78 is 0. The van der Waals surface area contributed by atoms with Crippen LogP contribution in [0, 0.1) is 5.92 Å². The van der Waals surface area contributed by atoms with Gasteiger partial charge < -0.3 is 5.11 Å². The van der Waals surface area contributed by atoms with Gasteiger partial charge in [-0.25, -0.2) is 4.79 Å². The van der Waals surface area contributed by atoms with Crippen LogP contribution in [0.25, 0.3) is 0 Å². The molecule has 0 radical (unpaired) electrons. The Hall–Kier alpha value is -1.65. The number of hydrogen-bond donors (Lipinski definition) is 1. The molecule has 1 rings (SSSR count). The van der Waals surface area contributed by atoms with Gasteiger partial charge in [-0.1, -0.05) is 46.5 Å². The fraction of sp³-hybridized carbons (Fsp3) is 0.706. The van der Waals surface area contributed by atoms with E-state index in [-0.39, 0.29) is 5.92 Å². The lowest BCUT2D eigenvalue weighted by Crippen LogP contribution is -2.49.